The molecule has 5 rings (SSSR count). The van der Waals surface area contributed by atoms with Crippen molar-refractivity contribution in [3.8, 4) is 0 Å². The second kappa shape index (κ2) is 6.56. The maximum Gasteiger partial charge on any atom is 0.407 e. The Balaban J connectivity index is 1.42. The molecule has 5 nitrogen and oxygen atoms in total. The first-order valence-electron chi connectivity index (χ1n) is 8.80. The number of hydrogen-bond donors (Lipinski definition) is 1. The van der Waals surface area contributed by atoms with E-state index < -0.39 is 0 Å². The first-order chi connectivity index (χ1) is 11.6. The van der Waals surface area contributed by atoms with E-state index in [4.69, 9.17) is 4.74 Å². The van der Waals surface area contributed by atoms with E-state index in [0.29, 0.717) is 5.92 Å². The van der Waals surface area contributed by atoms with Crippen molar-refractivity contribution in [1.29, 1.82) is 0 Å². The van der Waals surface area contributed by atoms with Gasteiger partial charge in [0, 0.05) is 30.3 Å². The monoisotopic (exact) mass is 393 g/mol. The molecule has 1 N–H and O–H groups in total. The van der Waals surface area contributed by atoms with E-state index in [1.165, 1.54) is 5.69 Å². The molecule has 1 aromatic carbocycles. The summed E-state index contributed by atoms with van der Waals surface area (Å²) < 4.78 is 6.84. The Hall–Kier alpha value is -1.27. The van der Waals surface area contributed by atoms with Gasteiger partial charge in [0.05, 0.1) is 6.04 Å². The Morgan fingerprint density at radius 3 is 2.75 bits per heavy atom. The Bertz CT molecular complexity index is 631. The number of anilines is 1. The second-order valence-corrected chi connectivity index (χ2v) is 8.11. The summed E-state index contributed by atoms with van der Waals surface area (Å²) in [6.45, 7) is 4.13. The molecule has 1 unspecified atom stereocenters. The van der Waals surface area contributed by atoms with Gasteiger partial charge in [0.1, 0.15) is 6.10 Å². The summed E-state index contributed by atoms with van der Waals surface area (Å²) in [5, 5.41) is 3.10. The molecule has 3 saturated heterocycles. The average molecular weight is 394 g/mol. The highest BCUT2D eigenvalue weighted by atomic mass is 79.9. The van der Waals surface area contributed by atoms with Crippen molar-refractivity contribution in [1.82, 2.24) is 10.2 Å². The molecule has 4 aliphatic heterocycles. The lowest BCUT2D eigenvalue weighted by Gasteiger charge is -2.44. The minimum absolute atomic E-state index is 0.0258. The zero-order valence-electron chi connectivity index (χ0n) is 14.0. The topological polar surface area (TPSA) is 44.8 Å². The summed E-state index contributed by atoms with van der Waals surface area (Å²) >= 11 is 3.53. The van der Waals surface area contributed by atoms with Crippen LogP contribution in [0.5, 0.6) is 0 Å². The van der Waals surface area contributed by atoms with Gasteiger partial charge in [-0.05, 0) is 56.0 Å². The van der Waals surface area contributed by atoms with Gasteiger partial charge in [-0.2, -0.15) is 0 Å². The van der Waals surface area contributed by atoms with E-state index in [0.717, 1.165) is 55.5 Å². The average Bonchev–Trinajstić information content (AvgIpc) is 2.59. The van der Waals surface area contributed by atoms with Crippen LogP contribution < -0.4 is 10.2 Å². The highest BCUT2D eigenvalue weighted by molar-refractivity contribution is 9.10. The molecule has 24 heavy (non-hydrogen) atoms. The number of alkyl carbamates (subject to hydrolysis) is 1. The fraction of sp³-hybridized carbons (Fsp3) is 0.611. The van der Waals surface area contributed by atoms with Crippen LogP contribution in [0.15, 0.2) is 22.7 Å². The third-order valence-corrected chi connectivity index (χ3v) is 6.17. The van der Waals surface area contributed by atoms with Crippen molar-refractivity contribution in [3.05, 3.63) is 28.2 Å². The Morgan fingerprint density at radius 1 is 1.25 bits per heavy atom. The van der Waals surface area contributed by atoms with Gasteiger partial charge in [-0.15, -0.1) is 0 Å². The van der Waals surface area contributed by atoms with E-state index in [2.05, 4.69) is 50.2 Å². The minimum Gasteiger partial charge on any atom is -0.445 e. The lowest BCUT2D eigenvalue weighted by atomic mass is 9.86. The van der Waals surface area contributed by atoms with E-state index >= 15 is 0 Å². The number of fused-ring (bicyclic) bond motifs is 4. The Kier molecular flexibility index (Phi) is 4.43. The molecule has 0 aliphatic carbocycles. The maximum absolute atomic E-state index is 12.4. The highest BCUT2D eigenvalue weighted by Gasteiger charge is 2.37. The molecule has 0 aromatic heterocycles. The molecule has 3 fully saturated rings. The molecule has 4 heterocycles. The molecule has 0 saturated carbocycles. The molecule has 1 aromatic rings. The van der Waals surface area contributed by atoms with Crippen molar-refractivity contribution in [2.75, 3.05) is 38.1 Å². The maximum atomic E-state index is 12.4. The summed E-state index contributed by atoms with van der Waals surface area (Å²) in [4.78, 5) is 17.1. The first-order valence-corrected chi connectivity index (χ1v) is 9.59. The van der Waals surface area contributed by atoms with Crippen LogP contribution in [-0.2, 0) is 4.74 Å². The van der Waals surface area contributed by atoms with E-state index in [1.807, 2.05) is 6.07 Å². The molecule has 6 heteroatoms. The lowest BCUT2D eigenvalue weighted by molar-refractivity contribution is -0.0340. The van der Waals surface area contributed by atoms with Crippen LogP contribution in [0.3, 0.4) is 0 Å². The normalized spacial score (nSPS) is 31.5. The third-order valence-electron chi connectivity index (χ3n) is 5.68. The van der Waals surface area contributed by atoms with Crippen LogP contribution in [0.25, 0.3) is 0 Å². The van der Waals surface area contributed by atoms with Crippen molar-refractivity contribution in [3.63, 3.8) is 0 Å². The third kappa shape index (κ3) is 3.14. The van der Waals surface area contributed by atoms with Crippen LogP contribution >= 0.6 is 15.9 Å². The number of nitrogens with one attached hydrogen (secondary N) is 1. The lowest BCUT2D eigenvalue weighted by Crippen LogP contribution is -2.52. The number of nitrogens with zero attached hydrogens (tertiary/aromatic N) is 2. The zero-order valence-corrected chi connectivity index (χ0v) is 15.6. The SMILES string of the molecule is CN1CCC(NC(=O)O[C@@H]2CN3CCC2CC3)c2ccc(Br)cc21. The molecule has 130 valence electrons. The van der Waals surface area contributed by atoms with Crippen LogP contribution in [0.1, 0.15) is 30.9 Å². The van der Waals surface area contributed by atoms with E-state index in [1.54, 1.807) is 0 Å². The standard InChI is InChI=1S/C18H24BrN3O2/c1-21-7-6-15(14-3-2-13(19)10-16(14)21)20-18(23)24-17-11-22-8-4-12(17)5-9-22/h2-3,10,12,15,17H,4-9,11H2,1H3,(H,20,23)/t15?,17-/m1/s1. The van der Waals surface area contributed by atoms with Crippen molar-refractivity contribution >= 4 is 27.7 Å². The number of piperidine rings is 3. The molecule has 2 atom stereocenters. The van der Waals surface area contributed by atoms with E-state index in [-0.39, 0.29) is 18.2 Å². The second-order valence-electron chi connectivity index (χ2n) is 7.19. The number of rotatable bonds is 2. The Labute approximate surface area is 151 Å². The predicted octanol–water partition coefficient (Wildman–Crippen LogP) is 3.15. The number of carbonyl (C=O) groups excluding carboxylic acids is 1. The summed E-state index contributed by atoms with van der Waals surface area (Å²) in [5.74, 6) is 0.543. The minimum atomic E-state index is -0.267. The van der Waals surface area contributed by atoms with Gasteiger partial charge < -0.3 is 15.0 Å². The summed E-state index contributed by atoms with van der Waals surface area (Å²) in [6.07, 6.45) is 3.01. The van der Waals surface area contributed by atoms with Gasteiger partial charge in [-0.25, -0.2) is 4.79 Å². The number of carbonyl (C=O) groups is 1. The van der Waals surface area contributed by atoms with Gasteiger partial charge in [-0.1, -0.05) is 22.0 Å². The fourth-order valence-corrected chi connectivity index (χ4v) is 4.60. The molecule has 2 bridgehead atoms. The number of amides is 1. The highest BCUT2D eigenvalue weighted by Crippen LogP contribution is 2.35. The predicted molar refractivity (Wildman–Crippen MR) is 97.3 cm³/mol. The summed E-state index contributed by atoms with van der Waals surface area (Å²) in [7, 11) is 2.09. The molecular weight excluding hydrogens is 370 g/mol. The van der Waals surface area contributed by atoms with Gasteiger partial charge in [0.25, 0.3) is 0 Å². The molecule has 0 radical (unpaired) electrons. The van der Waals surface area contributed by atoms with Crippen molar-refractivity contribution < 1.29 is 9.53 Å². The fourth-order valence-electron chi connectivity index (χ4n) is 4.25. The molecule has 4 aliphatic rings. The van der Waals surface area contributed by atoms with Crippen molar-refractivity contribution in [2.45, 2.75) is 31.4 Å². The molecule has 1 amide bonds. The van der Waals surface area contributed by atoms with Crippen LogP contribution in [0, 0.1) is 5.92 Å². The van der Waals surface area contributed by atoms with Crippen molar-refractivity contribution in [2.24, 2.45) is 5.92 Å². The van der Waals surface area contributed by atoms with E-state index in [9.17, 15) is 4.79 Å². The largest absolute Gasteiger partial charge is 0.445 e. The van der Waals surface area contributed by atoms with Crippen LogP contribution in [-0.4, -0.2) is 50.3 Å². The number of halogens is 1. The van der Waals surface area contributed by atoms with Crippen LogP contribution in [0.4, 0.5) is 10.5 Å². The number of benzene rings is 1. The first kappa shape index (κ1) is 16.2. The molecular formula is C18H24BrN3O2. The van der Waals surface area contributed by atoms with Gasteiger partial charge >= 0.3 is 6.09 Å². The number of hydrogen-bond acceptors (Lipinski definition) is 4. The summed E-state index contributed by atoms with van der Waals surface area (Å²) in [6, 6.07) is 6.26. The quantitative estimate of drug-likeness (QED) is 0.837. The smallest absolute Gasteiger partial charge is 0.407 e. The van der Waals surface area contributed by atoms with Gasteiger partial charge in [0.15, 0.2) is 0 Å². The van der Waals surface area contributed by atoms with Crippen LogP contribution in [0.2, 0.25) is 0 Å². The summed E-state index contributed by atoms with van der Waals surface area (Å²) in [5.41, 5.74) is 2.33. The van der Waals surface area contributed by atoms with Gasteiger partial charge in [-0.3, -0.25) is 4.90 Å². The van der Waals surface area contributed by atoms with Gasteiger partial charge in [0.2, 0.25) is 0 Å². The zero-order chi connectivity index (χ0) is 16.7. The number of ether oxygens (including phenoxy) is 1. The Morgan fingerprint density at radius 2 is 2.04 bits per heavy atom. The molecule has 0 spiro atoms.